The van der Waals surface area contributed by atoms with Gasteiger partial charge in [-0.05, 0) is 30.7 Å². The first-order valence-electron chi connectivity index (χ1n) is 12.9. The molecule has 1 fully saturated rings. The fourth-order valence-electron chi connectivity index (χ4n) is 4.84. The van der Waals surface area contributed by atoms with Crippen molar-refractivity contribution in [3.63, 3.8) is 0 Å². The Bertz CT molecular complexity index is 1510. The van der Waals surface area contributed by atoms with Crippen LogP contribution in [0.3, 0.4) is 0 Å². The molecule has 0 unspecified atom stereocenters. The van der Waals surface area contributed by atoms with Gasteiger partial charge in [0.25, 0.3) is 5.91 Å². The number of dihydropyridines is 1. The predicted molar refractivity (Wildman–Crippen MR) is 157 cm³/mol. The third kappa shape index (κ3) is 5.56. The Morgan fingerprint density at radius 3 is 2.83 bits per heavy atom. The number of aromatic nitrogens is 3. The van der Waals surface area contributed by atoms with Crippen LogP contribution in [-0.4, -0.2) is 69.8 Å². The van der Waals surface area contributed by atoms with Crippen molar-refractivity contribution in [2.24, 2.45) is 4.99 Å². The summed E-state index contributed by atoms with van der Waals surface area (Å²) in [6, 6.07) is 7.05. The summed E-state index contributed by atoms with van der Waals surface area (Å²) < 4.78 is 0. The van der Waals surface area contributed by atoms with Gasteiger partial charge in [-0.25, -0.2) is 15.0 Å². The fraction of sp³-hybridized carbons (Fsp3) is 0.296. The number of rotatable bonds is 7. The molecule has 0 saturated carbocycles. The van der Waals surface area contributed by atoms with Crippen molar-refractivity contribution in [1.29, 1.82) is 0 Å². The molecule has 11 nitrogen and oxygen atoms in total. The number of aliphatic hydroxyl groups is 1. The van der Waals surface area contributed by atoms with E-state index in [0.717, 1.165) is 43.4 Å². The average molecular weight is 578 g/mol. The number of hydrogen-bond donors (Lipinski definition) is 4. The zero-order valence-electron chi connectivity index (χ0n) is 21.8. The molecule has 1 amide bonds. The minimum atomic E-state index is -0.820. The second kappa shape index (κ2) is 11.3. The lowest BCUT2D eigenvalue weighted by Crippen LogP contribution is -2.46. The third-order valence-electron chi connectivity index (χ3n) is 6.95. The molecule has 13 heteroatoms. The molecular formula is C27H28ClN9O2S. The number of halogens is 1. The number of piperazine rings is 1. The van der Waals surface area contributed by atoms with Gasteiger partial charge in [-0.15, -0.1) is 11.3 Å². The Morgan fingerprint density at radius 2 is 2.05 bits per heavy atom. The Morgan fingerprint density at radius 1 is 1.20 bits per heavy atom. The Balaban J connectivity index is 1.16. The highest BCUT2D eigenvalue weighted by atomic mass is 35.5. The van der Waals surface area contributed by atoms with Crippen LogP contribution in [0.4, 0.5) is 17.5 Å². The molecule has 0 aliphatic carbocycles. The molecule has 3 aliphatic rings. The van der Waals surface area contributed by atoms with E-state index < -0.39 is 12.0 Å². The smallest absolute Gasteiger partial charge is 0.282 e. The van der Waals surface area contributed by atoms with Crippen LogP contribution in [0.2, 0.25) is 5.02 Å². The molecule has 206 valence electrons. The highest BCUT2D eigenvalue weighted by molar-refractivity contribution is 7.09. The summed E-state index contributed by atoms with van der Waals surface area (Å²) in [5, 5.41) is 24.1. The number of nitrogens with zero attached hydrogens (tertiary/aromatic N) is 6. The summed E-state index contributed by atoms with van der Waals surface area (Å²) >= 11 is 7.75. The van der Waals surface area contributed by atoms with E-state index in [9.17, 15) is 9.90 Å². The van der Waals surface area contributed by atoms with Crippen LogP contribution in [0.15, 0.2) is 64.0 Å². The second-order valence-corrected chi connectivity index (χ2v) is 11.1. The number of benzene rings is 1. The molecule has 2 aromatic heterocycles. The first kappa shape index (κ1) is 26.4. The number of allylic oxidation sites excluding steroid dienone is 1. The summed E-state index contributed by atoms with van der Waals surface area (Å²) in [6.45, 7) is 6.36. The quantitative estimate of drug-likeness (QED) is 0.311. The van der Waals surface area contributed by atoms with Gasteiger partial charge in [-0.2, -0.15) is 4.98 Å². The number of thiazole rings is 1. The van der Waals surface area contributed by atoms with Crippen LogP contribution in [0.5, 0.6) is 0 Å². The van der Waals surface area contributed by atoms with Gasteiger partial charge in [0, 0.05) is 55.5 Å². The fourth-order valence-corrected chi connectivity index (χ4v) is 5.69. The van der Waals surface area contributed by atoms with Crippen LogP contribution in [-0.2, 0) is 11.3 Å². The first-order valence-corrected chi connectivity index (χ1v) is 14.2. The van der Waals surface area contributed by atoms with Crippen molar-refractivity contribution in [2.75, 3.05) is 48.3 Å². The van der Waals surface area contributed by atoms with E-state index in [1.54, 1.807) is 41.7 Å². The van der Waals surface area contributed by atoms with Gasteiger partial charge >= 0.3 is 0 Å². The summed E-state index contributed by atoms with van der Waals surface area (Å²) in [4.78, 5) is 35.4. The van der Waals surface area contributed by atoms with E-state index in [-0.39, 0.29) is 6.54 Å². The monoisotopic (exact) mass is 577 g/mol. The number of aliphatic imine (C=N–C) groups is 1. The summed E-state index contributed by atoms with van der Waals surface area (Å²) in [7, 11) is 0. The van der Waals surface area contributed by atoms with Crippen molar-refractivity contribution in [1.82, 2.24) is 25.2 Å². The Labute approximate surface area is 240 Å². The summed E-state index contributed by atoms with van der Waals surface area (Å²) in [6.07, 6.45) is 4.17. The van der Waals surface area contributed by atoms with Crippen LogP contribution in [0.25, 0.3) is 0 Å². The minimum Gasteiger partial charge on any atom is -0.387 e. The largest absolute Gasteiger partial charge is 0.387 e. The van der Waals surface area contributed by atoms with E-state index >= 15 is 0 Å². The second-order valence-electron chi connectivity index (χ2n) is 9.64. The van der Waals surface area contributed by atoms with Gasteiger partial charge in [-0.1, -0.05) is 23.7 Å². The number of nitrogens with one attached hydrogen (secondary N) is 3. The molecule has 0 radical (unpaired) electrons. The van der Waals surface area contributed by atoms with Gasteiger partial charge in [0.15, 0.2) is 5.82 Å². The highest BCUT2D eigenvalue weighted by Crippen LogP contribution is 2.35. The molecular weight excluding hydrogens is 550 g/mol. The highest BCUT2D eigenvalue weighted by Gasteiger charge is 2.30. The topological polar surface area (TPSA) is 131 Å². The van der Waals surface area contributed by atoms with Gasteiger partial charge in [0.1, 0.15) is 22.1 Å². The number of fused-ring (bicyclic) bond motifs is 1. The van der Waals surface area contributed by atoms with Crippen molar-refractivity contribution in [3.8, 4) is 0 Å². The third-order valence-corrected chi connectivity index (χ3v) is 7.95. The molecule has 40 heavy (non-hydrogen) atoms. The molecule has 0 bridgehead atoms. The van der Waals surface area contributed by atoms with Crippen LogP contribution in [0, 0.1) is 6.92 Å². The van der Waals surface area contributed by atoms with Crippen LogP contribution >= 0.6 is 22.9 Å². The summed E-state index contributed by atoms with van der Waals surface area (Å²) in [5.41, 5.74) is 3.03. The molecule has 1 atom stereocenters. The lowest BCUT2D eigenvalue weighted by atomic mass is 10.1. The maximum atomic E-state index is 12.9. The molecule has 4 N–H and O–H groups in total. The number of aliphatic hydroxyl groups excluding tert-OH is 1. The Kier molecular flexibility index (Phi) is 7.48. The van der Waals surface area contributed by atoms with E-state index in [1.807, 2.05) is 18.5 Å². The van der Waals surface area contributed by atoms with Crippen LogP contribution in [0.1, 0.15) is 22.4 Å². The van der Waals surface area contributed by atoms with Gasteiger partial charge in [-0.3, -0.25) is 9.69 Å². The van der Waals surface area contributed by atoms with Gasteiger partial charge < -0.3 is 26.0 Å². The lowest BCUT2D eigenvalue weighted by molar-refractivity contribution is -0.114. The zero-order chi connectivity index (χ0) is 27.6. The Hall–Kier alpha value is -3.84. The van der Waals surface area contributed by atoms with Crippen molar-refractivity contribution >= 4 is 52.5 Å². The first-order chi connectivity index (χ1) is 19.4. The molecule has 1 saturated heterocycles. The number of aryl methyl sites for hydroxylation is 1. The van der Waals surface area contributed by atoms with Gasteiger partial charge in [0.05, 0.1) is 24.0 Å². The molecule has 3 aromatic rings. The molecule has 0 spiro atoms. The number of carbonyl (C=O) groups excluding carboxylic acids is 1. The standard InChI is InChI=1S/C27H28ClN9O2S/c1-16-23-25(35-27(32-16)37-10-8-36(9-11-37)15-21-29-7-12-40-21)34-24(33-23)22-19(5-6-30-26(22)39)31-14-20(38)17-3-2-4-18(28)13-17/h2-7,12-13,20,31,33,38H,8-11,14-15H2,1H3,(H,32,34,35)/b24-22-/t20-/m1/s1. The van der Waals surface area contributed by atoms with E-state index in [4.69, 9.17) is 21.6 Å². The number of hydrogen-bond acceptors (Lipinski definition) is 11. The summed E-state index contributed by atoms with van der Waals surface area (Å²) in [5.74, 6) is 1.32. The van der Waals surface area contributed by atoms with E-state index in [1.165, 1.54) is 6.21 Å². The number of anilines is 3. The number of amides is 1. The zero-order valence-corrected chi connectivity index (χ0v) is 23.3. The maximum Gasteiger partial charge on any atom is 0.282 e. The van der Waals surface area contributed by atoms with Crippen LogP contribution < -0.4 is 20.9 Å². The van der Waals surface area contributed by atoms with E-state index in [2.05, 4.69) is 35.7 Å². The van der Waals surface area contributed by atoms with Gasteiger partial charge in [0.2, 0.25) is 5.95 Å². The SMILES string of the molecule is Cc1nc(N2CCN(Cc3nccs3)CC2)nc2c1N/C(=C1/C(=O)N=CC=C1NC[C@@H](O)c1cccc(Cl)c1)N2. The molecule has 6 rings (SSSR count). The molecule has 1 aromatic carbocycles. The predicted octanol–water partition coefficient (Wildman–Crippen LogP) is 3.08. The normalized spacial score (nSPS) is 19.6. The molecule has 3 aliphatic heterocycles. The average Bonchev–Trinajstić information content (AvgIpc) is 3.62. The number of carbonyl (C=O) groups is 1. The molecule has 5 heterocycles. The lowest BCUT2D eigenvalue weighted by Gasteiger charge is -2.34. The van der Waals surface area contributed by atoms with Crippen molar-refractivity contribution < 1.29 is 9.90 Å². The minimum absolute atomic E-state index is 0.175. The maximum absolute atomic E-state index is 12.9. The van der Waals surface area contributed by atoms with Crippen molar-refractivity contribution in [2.45, 2.75) is 19.6 Å². The van der Waals surface area contributed by atoms with E-state index in [0.29, 0.717) is 45.1 Å². The van der Waals surface area contributed by atoms with Crippen molar-refractivity contribution in [3.05, 3.63) is 80.3 Å².